The average Bonchev–Trinajstić information content (AvgIpc) is 3.65. The van der Waals surface area contributed by atoms with Gasteiger partial charge in [-0.2, -0.15) is 0 Å². The van der Waals surface area contributed by atoms with Crippen LogP contribution in [0.1, 0.15) is 33.6 Å². The molecule has 2 aliphatic heterocycles. The molecule has 7 nitrogen and oxygen atoms in total. The van der Waals surface area contributed by atoms with E-state index in [4.69, 9.17) is 4.74 Å². The van der Waals surface area contributed by atoms with E-state index in [2.05, 4.69) is 32.7 Å². The van der Waals surface area contributed by atoms with Crippen molar-refractivity contribution in [3.05, 3.63) is 102 Å². The van der Waals surface area contributed by atoms with Gasteiger partial charge in [0.25, 0.3) is 5.91 Å². The lowest BCUT2D eigenvalue weighted by atomic mass is 10.0. The number of aromatic nitrogens is 2. The number of likely N-dealkylation sites (tertiary alicyclic amines) is 1. The molecule has 3 heterocycles. The second kappa shape index (κ2) is 10.4. The third-order valence-electron chi connectivity index (χ3n) is 7.61. The van der Waals surface area contributed by atoms with E-state index in [0.29, 0.717) is 17.4 Å². The number of aryl methyl sites for hydroxylation is 2. The van der Waals surface area contributed by atoms with Crippen LogP contribution in [0.3, 0.4) is 0 Å². The van der Waals surface area contributed by atoms with Crippen molar-refractivity contribution >= 4 is 11.6 Å². The van der Waals surface area contributed by atoms with Crippen LogP contribution >= 0.6 is 0 Å². The van der Waals surface area contributed by atoms with E-state index >= 15 is 0 Å². The highest BCUT2D eigenvalue weighted by molar-refractivity contribution is 6.04. The number of carbonyl (C=O) groups excluding carboxylic acids is 1. The molecule has 4 aromatic rings. The molecule has 194 valence electrons. The number of anilines is 1. The predicted octanol–water partition coefficient (Wildman–Crippen LogP) is 5.33. The van der Waals surface area contributed by atoms with Gasteiger partial charge in [0.05, 0.1) is 12.0 Å². The Bertz CT molecular complexity index is 1450. The number of ether oxygens (including phenoxy) is 1. The number of imidazole rings is 1. The molecule has 38 heavy (non-hydrogen) atoms. The van der Waals surface area contributed by atoms with Gasteiger partial charge in [0.1, 0.15) is 11.5 Å². The van der Waals surface area contributed by atoms with E-state index in [0.717, 1.165) is 60.5 Å². The lowest BCUT2D eigenvalue weighted by Crippen LogP contribution is -2.33. The van der Waals surface area contributed by atoms with Gasteiger partial charge >= 0.3 is 0 Å². The molecule has 1 unspecified atom stereocenters. The highest BCUT2D eigenvalue weighted by Gasteiger charge is 2.37. The summed E-state index contributed by atoms with van der Waals surface area (Å²) in [6.07, 6.45) is 5.06. The van der Waals surface area contributed by atoms with E-state index in [-0.39, 0.29) is 5.91 Å². The van der Waals surface area contributed by atoms with Gasteiger partial charge in [-0.05, 0) is 92.9 Å². The molecular weight excluding hydrogens is 474 g/mol. The van der Waals surface area contributed by atoms with Crippen LogP contribution in [0, 0.1) is 19.8 Å². The van der Waals surface area contributed by atoms with Gasteiger partial charge in [0.2, 0.25) is 0 Å². The Hall–Kier alpha value is -3.94. The second-order valence-electron chi connectivity index (χ2n) is 10.4. The molecule has 2 aliphatic rings. The maximum Gasteiger partial charge on any atom is 0.255 e. The molecular formula is C31H33N5O2. The monoisotopic (exact) mass is 507 g/mol. The van der Waals surface area contributed by atoms with Crippen LogP contribution in [-0.2, 0) is 6.54 Å². The van der Waals surface area contributed by atoms with Crippen LogP contribution in [0.2, 0.25) is 0 Å². The Kier molecular flexibility index (Phi) is 6.70. The van der Waals surface area contributed by atoms with E-state index in [1.54, 1.807) is 6.07 Å². The van der Waals surface area contributed by atoms with Gasteiger partial charge in [-0.25, -0.2) is 4.98 Å². The molecule has 1 amide bonds. The Morgan fingerprint density at radius 3 is 2.76 bits per heavy atom. The van der Waals surface area contributed by atoms with E-state index in [1.165, 1.54) is 12.0 Å². The predicted molar refractivity (Wildman–Crippen MR) is 149 cm³/mol. The van der Waals surface area contributed by atoms with Crippen molar-refractivity contribution in [2.45, 2.75) is 32.9 Å². The first kappa shape index (κ1) is 24.4. The number of hydrogen-bond donors (Lipinski definition) is 2. The zero-order valence-electron chi connectivity index (χ0n) is 21.9. The number of amides is 1. The van der Waals surface area contributed by atoms with Crippen LogP contribution < -0.4 is 15.4 Å². The van der Waals surface area contributed by atoms with Gasteiger partial charge in [-0.1, -0.05) is 24.3 Å². The molecule has 2 fully saturated rings. The zero-order chi connectivity index (χ0) is 26.1. The highest BCUT2D eigenvalue weighted by atomic mass is 16.5. The normalized spacial score (nSPS) is 18.9. The largest absolute Gasteiger partial charge is 0.457 e. The molecule has 0 spiro atoms. The van der Waals surface area contributed by atoms with E-state index in [1.807, 2.05) is 79.5 Å². The summed E-state index contributed by atoms with van der Waals surface area (Å²) >= 11 is 0. The minimum Gasteiger partial charge on any atom is -0.457 e. The molecule has 0 radical (unpaired) electrons. The minimum absolute atomic E-state index is 0.172. The van der Waals surface area contributed by atoms with E-state index in [9.17, 15) is 4.79 Å². The maximum atomic E-state index is 13.4. The first-order chi connectivity index (χ1) is 18.5. The average molecular weight is 508 g/mol. The Balaban J connectivity index is 1.26. The Morgan fingerprint density at radius 2 is 1.95 bits per heavy atom. The summed E-state index contributed by atoms with van der Waals surface area (Å²) in [5.74, 6) is 1.97. The van der Waals surface area contributed by atoms with Crippen LogP contribution in [0.4, 0.5) is 5.69 Å². The molecule has 3 aromatic carbocycles. The minimum atomic E-state index is -0.172. The summed E-state index contributed by atoms with van der Waals surface area (Å²) < 4.78 is 8.07. The molecule has 6 rings (SSSR count). The zero-order valence-corrected chi connectivity index (χ0v) is 21.9. The molecule has 7 heteroatoms. The number of fused-ring (bicyclic) bond motifs is 1. The standard InChI is InChI=1S/C31H33N5O2/c1-21-8-9-24(14-30(21)38-28-6-4-3-5-7-28)31(37)34-26-12-23(13-27(15-26)36-18-22(2)33-20-36)19-35-11-10-25-16-32-17-29(25)35/h3-9,12-15,18,20,25,29,32H,10-11,16-17,19H2,1-2H3,(H,34,37)/t25-,29?/m1/s1. The number of hydrogen-bond acceptors (Lipinski definition) is 5. The molecule has 0 saturated carbocycles. The number of rotatable bonds is 7. The Labute approximate surface area is 223 Å². The van der Waals surface area contributed by atoms with Gasteiger partial charge in [-0.3, -0.25) is 9.69 Å². The van der Waals surface area contributed by atoms with Crippen molar-refractivity contribution in [3.8, 4) is 17.2 Å². The quantitative estimate of drug-likeness (QED) is 0.354. The van der Waals surface area contributed by atoms with Crippen LogP contribution in [0.25, 0.3) is 5.69 Å². The third kappa shape index (κ3) is 5.21. The maximum absolute atomic E-state index is 13.4. The second-order valence-corrected chi connectivity index (χ2v) is 10.4. The van der Waals surface area contributed by atoms with Crippen molar-refractivity contribution in [1.82, 2.24) is 19.8 Å². The molecule has 0 aliphatic carbocycles. The first-order valence-corrected chi connectivity index (χ1v) is 13.3. The number of nitrogens with zero attached hydrogens (tertiary/aromatic N) is 3. The lowest BCUT2D eigenvalue weighted by molar-refractivity contribution is 0.102. The van der Waals surface area contributed by atoms with Crippen molar-refractivity contribution < 1.29 is 9.53 Å². The fourth-order valence-electron chi connectivity index (χ4n) is 5.59. The summed E-state index contributed by atoms with van der Waals surface area (Å²) in [7, 11) is 0. The van der Waals surface area contributed by atoms with Crippen molar-refractivity contribution in [2.24, 2.45) is 5.92 Å². The molecule has 0 bridgehead atoms. The van der Waals surface area contributed by atoms with Crippen LogP contribution in [0.15, 0.2) is 79.3 Å². The fraction of sp³-hybridized carbons (Fsp3) is 0.290. The topological polar surface area (TPSA) is 71.4 Å². The SMILES string of the molecule is Cc1cn(-c2cc(CN3CC[C@@H]4CNCC43)cc(NC(=O)c3ccc(C)c(Oc4ccccc4)c3)c2)cn1. The summed E-state index contributed by atoms with van der Waals surface area (Å²) in [4.78, 5) is 20.4. The number of carbonyl (C=O) groups is 1. The van der Waals surface area contributed by atoms with Crippen molar-refractivity contribution in [2.75, 3.05) is 25.0 Å². The smallest absolute Gasteiger partial charge is 0.255 e. The summed E-state index contributed by atoms with van der Waals surface area (Å²) in [6.45, 7) is 8.09. The molecule has 2 N–H and O–H groups in total. The van der Waals surface area contributed by atoms with Crippen molar-refractivity contribution in [3.63, 3.8) is 0 Å². The van der Waals surface area contributed by atoms with Gasteiger partial charge < -0.3 is 19.9 Å². The first-order valence-electron chi connectivity index (χ1n) is 13.3. The third-order valence-corrected chi connectivity index (χ3v) is 7.61. The van der Waals surface area contributed by atoms with Crippen LogP contribution in [0.5, 0.6) is 11.5 Å². The van der Waals surface area contributed by atoms with Gasteiger partial charge in [0.15, 0.2) is 0 Å². The van der Waals surface area contributed by atoms with E-state index < -0.39 is 0 Å². The summed E-state index contributed by atoms with van der Waals surface area (Å²) in [5, 5.41) is 6.68. The van der Waals surface area contributed by atoms with Gasteiger partial charge in [-0.15, -0.1) is 0 Å². The van der Waals surface area contributed by atoms with Crippen LogP contribution in [-0.4, -0.2) is 46.0 Å². The van der Waals surface area contributed by atoms with Crippen molar-refractivity contribution in [1.29, 1.82) is 0 Å². The van der Waals surface area contributed by atoms with Gasteiger partial charge in [0, 0.05) is 42.3 Å². The molecule has 1 aromatic heterocycles. The number of benzene rings is 3. The summed E-state index contributed by atoms with van der Waals surface area (Å²) in [6, 6.07) is 22.1. The fourth-order valence-corrected chi connectivity index (χ4v) is 5.59. The Morgan fingerprint density at radius 1 is 1.08 bits per heavy atom. The number of nitrogens with one attached hydrogen (secondary N) is 2. The summed E-state index contributed by atoms with van der Waals surface area (Å²) in [5.41, 5.74) is 5.39. The number of para-hydroxylation sites is 1. The molecule has 2 atom stereocenters. The lowest BCUT2D eigenvalue weighted by Gasteiger charge is -2.24. The molecule has 2 saturated heterocycles. The highest BCUT2D eigenvalue weighted by Crippen LogP contribution is 2.30.